The highest BCUT2D eigenvalue weighted by Crippen LogP contribution is 2.22. The molecule has 2 heterocycles. The molecule has 0 spiro atoms. The second-order valence-corrected chi connectivity index (χ2v) is 5.76. The van der Waals surface area contributed by atoms with E-state index < -0.39 is 0 Å². The first-order chi connectivity index (χ1) is 9.19. The van der Waals surface area contributed by atoms with E-state index in [2.05, 4.69) is 23.1 Å². The van der Waals surface area contributed by atoms with Crippen LogP contribution in [0.1, 0.15) is 51.5 Å². The van der Waals surface area contributed by atoms with E-state index in [1.54, 1.807) is 0 Å². The monoisotopic (exact) mass is 265 g/mol. The molecule has 4 heteroatoms. The molecular formula is C15H27N3O. The molecule has 1 N–H and O–H groups in total. The van der Waals surface area contributed by atoms with Crippen LogP contribution in [0.2, 0.25) is 0 Å². The predicted octanol–water partition coefficient (Wildman–Crippen LogP) is 2.42. The standard InChI is InChI=1S/C15H27N3O/c1-3-18-12-14(10-16-18)11-17-8-6-4-5-7-15(17)9-13(2)19/h10,12-13,15,19H,3-9,11H2,1-2H3. The maximum Gasteiger partial charge on any atom is 0.0534 e. The minimum Gasteiger partial charge on any atom is -0.393 e. The van der Waals surface area contributed by atoms with Gasteiger partial charge in [-0.1, -0.05) is 12.8 Å². The van der Waals surface area contributed by atoms with E-state index in [9.17, 15) is 5.11 Å². The van der Waals surface area contributed by atoms with Gasteiger partial charge in [0.25, 0.3) is 0 Å². The van der Waals surface area contributed by atoms with E-state index >= 15 is 0 Å². The summed E-state index contributed by atoms with van der Waals surface area (Å²) in [6, 6.07) is 0.521. The summed E-state index contributed by atoms with van der Waals surface area (Å²) in [5.74, 6) is 0. The first-order valence-corrected chi connectivity index (χ1v) is 7.62. The van der Waals surface area contributed by atoms with Crippen molar-refractivity contribution in [3.63, 3.8) is 0 Å². The smallest absolute Gasteiger partial charge is 0.0534 e. The van der Waals surface area contributed by atoms with Crippen molar-refractivity contribution in [2.24, 2.45) is 0 Å². The van der Waals surface area contributed by atoms with Gasteiger partial charge in [0, 0.05) is 30.9 Å². The van der Waals surface area contributed by atoms with Crippen molar-refractivity contribution in [2.45, 2.75) is 71.2 Å². The minimum atomic E-state index is -0.205. The highest BCUT2D eigenvalue weighted by Gasteiger charge is 2.22. The molecule has 1 saturated heterocycles. The van der Waals surface area contributed by atoms with Gasteiger partial charge in [-0.05, 0) is 39.7 Å². The second kappa shape index (κ2) is 7.06. The van der Waals surface area contributed by atoms with Crippen LogP contribution in [0.3, 0.4) is 0 Å². The highest BCUT2D eigenvalue weighted by atomic mass is 16.3. The number of hydrogen-bond acceptors (Lipinski definition) is 3. The van der Waals surface area contributed by atoms with Crippen LogP contribution in [0.15, 0.2) is 12.4 Å². The Morgan fingerprint density at radius 2 is 2.26 bits per heavy atom. The fourth-order valence-corrected chi connectivity index (χ4v) is 3.00. The van der Waals surface area contributed by atoms with Crippen molar-refractivity contribution in [3.8, 4) is 0 Å². The third-order valence-electron chi connectivity index (χ3n) is 4.01. The van der Waals surface area contributed by atoms with E-state index in [0.29, 0.717) is 6.04 Å². The lowest BCUT2D eigenvalue weighted by atomic mass is 10.0. The first kappa shape index (κ1) is 14.5. The molecule has 19 heavy (non-hydrogen) atoms. The molecular weight excluding hydrogens is 238 g/mol. The molecule has 0 saturated carbocycles. The predicted molar refractivity (Wildman–Crippen MR) is 76.9 cm³/mol. The summed E-state index contributed by atoms with van der Waals surface area (Å²) in [6.45, 7) is 7.06. The first-order valence-electron chi connectivity index (χ1n) is 7.62. The zero-order valence-corrected chi connectivity index (χ0v) is 12.3. The normalized spacial score (nSPS) is 23.2. The fraction of sp³-hybridized carbons (Fsp3) is 0.800. The van der Waals surface area contributed by atoms with Crippen LogP contribution in [0.25, 0.3) is 0 Å². The second-order valence-electron chi connectivity index (χ2n) is 5.76. The fourth-order valence-electron chi connectivity index (χ4n) is 3.00. The van der Waals surface area contributed by atoms with Crippen molar-refractivity contribution >= 4 is 0 Å². The average molecular weight is 265 g/mol. The van der Waals surface area contributed by atoms with Gasteiger partial charge in [0.1, 0.15) is 0 Å². The third kappa shape index (κ3) is 4.32. The summed E-state index contributed by atoms with van der Waals surface area (Å²) in [5, 5.41) is 14.0. The Balaban J connectivity index is 2.00. The maximum absolute atomic E-state index is 9.68. The summed E-state index contributed by atoms with van der Waals surface area (Å²) >= 11 is 0. The van der Waals surface area contributed by atoms with Crippen LogP contribution in [-0.2, 0) is 13.1 Å². The molecule has 2 rings (SSSR count). The number of aliphatic hydroxyl groups is 1. The minimum absolute atomic E-state index is 0.205. The lowest BCUT2D eigenvalue weighted by molar-refractivity contribution is 0.108. The summed E-state index contributed by atoms with van der Waals surface area (Å²) in [5.41, 5.74) is 1.29. The Hall–Kier alpha value is -0.870. The van der Waals surface area contributed by atoms with E-state index in [1.165, 1.54) is 31.2 Å². The molecule has 0 aliphatic carbocycles. The maximum atomic E-state index is 9.68. The average Bonchev–Trinajstić information content (AvgIpc) is 2.72. The van der Waals surface area contributed by atoms with Crippen molar-refractivity contribution in [1.82, 2.24) is 14.7 Å². The summed E-state index contributed by atoms with van der Waals surface area (Å²) in [7, 11) is 0. The van der Waals surface area contributed by atoms with Crippen LogP contribution in [0, 0.1) is 0 Å². The van der Waals surface area contributed by atoms with Crippen molar-refractivity contribution in [1.29, 1.82) is 0 Å². The van der Waals surface area contributed by atoms with Gasteiger partial charge >= 0.3 is 0 Å². The van der Waals surface area contributed by atoms with E-state index in [0.717, 1.165) is 26.1 Å². The van der Waals surface area contributed by atoms with E-state index in [-0.39, 0.29) is 6.10 Å². The Morgan fingerprint density at radius 3 is 2.95 bits per heavy atom. The summed E-state index contributed by atoms with van der Waals surface area (Å²) < 4.78 is 1.98. The third-order valence-corrected chi connectivity index (χ3v) is 4.01. The number of hydrogen-bond donors (Lipinski definition) is 1. The zero-order valence-electron chi connectivity index (χ0n) is 12.3. The van der Waals surface area contributed by atoms with Crippen molar-refractivity contribution in [3.05, 3.63) is 18.0 Å². The molecule has 0 bridgehead atoms. The van der Waals surface area contributed by atoms with Gasteiger partial charge in [-0.2, -0.15) is 5.10 Å². The van der Waals surface area contributed by atoms with Crippen molar-refractivity contribution in [2.75, 3.05) is 6.54 Å². The van der Waals surface area contributed by atoms with Gasteiger partial charge in [0.05, 0.1) is 12.3 Å². The highest BCUT2D eigenvalue weighted by molar-refractivity contribution is 5.04. The number of rotatable bonds is 5. The van der Waals surface area contributed by atoms with Gasteiger partial charge < -0.3 is 5.11 Å². The zero-order chi connectivity index (χ0) is 13.7. The Morgan fingerprint density at radius 1 is 1.42 bits per heavy atom. The van der Waals surface area contributed by atoms with Crippen LogP contribution in [0.4, 0.5) is 0 Å². The Bertz CT molecular complexity index is 375. The Labute approximate surface area is 116 Å². The quantitative estimate of drug-likeness (QED) is 0.889. The van der Waals surface area contributed by atoms with Gasteiger partial charge in [-0.25, -0.2) is 0 Å². The van der Waals surface area contributed by atoms with E-state index in [4.69, 9.17) is 0 Å². The van der Waals surface area contributed by atoms with Gasteiger partial charge in [0.15, 0.2) is 0 Å². The number of aromatic nitrogens is 2. The van der Waals surface area contributed by atoms with E-state index in [1.807, 2.05) is 17.8 Å². The Kier molecular flexibility index (Phi) is 5.40. The molecule has 0 aromatic carbocycles. The molecule has 1 aromatic rings. The SMILES string of the molecule is CCn1cc(CN2CCCCCC2CC(C)O)cn1. The van der Waals surface area contributed by atoms with Gasteiger partial charge in [-0.3, -0.25) is 9.58 Å². The van der Waals surface area contributed by atoms with Crippen LogP contribution in [0.5, 0.6) is 0 Å². The molecule has 1 aliphatic rings. The van der Waals surface area contributed by atoms with Crippen LogP contribution in [-0.4, -0.2) is 38.5 Å². The number of nitrogens with zero attached hydrogens (tertiary/aromatic N) is 3. The molecule has 4 nitrogen and oxygen atoms in total. The largest absolute Gasteiger partial charge is 0.393 e. The molecule has 1 aromatic heterocycles. The molecule has 0 radical (unpaired) electrons. The molecule has 108 valence electrons. The molecule has 2 atom stereocenters. The van der Waals surface area contributed by atoms with Gasteiger partial charge in [0.2, 0.25) is 0 Å². The van der Waals surface area contributed by atoms with Gasteiger partial charge in [-0.15, -0.1) is 0 Å². The molecule has 1 fully saturated rings. The topological polar surface area (TPSA) is 41.3 Å². The summed E-state index contributed by atoms with van der Waals surface area (Å²) in [4.78, 5) is 2.54. The van der Waals surface area contributed by atoms with Crippen molar-refractivity contribution < 1.29 is 5.11 Å². The molecule has 0 amide bonds. The lowest BCUT2D eigenvalue weighted by Crippen LogP contribution is -2.36. The number of likely N-dealkylation sites (tertiary alicyclic amines) is 1. The van der Waals surface area contributed by atoms with Crippen LogP contribution >= 0.6 is 0 Å². The molecule has 2 unspecified atom stereocenters. The number of aliphatic hydroxyl groups excluding tert-OH is 1. The summed E-state index contributed by atoms with van der Waals surface area (Å²) in [6.07, 6.45) is 9.91. The van der Waals surface area contributed by atoms with Crippen LogP contribution < -0.4 is 0 Å². The molecule has 1 aliphatic heterocycles. The number of aryl methyl sites for hydroxylation is 1. The lowest BCUT2D eigenvalue weighted by Gasteiger charge is -2.30.